The summed E-state index contributed by atoms with van der Waals surface area (Å²) in [4.78, 5) is 5.17. The summed E-state index contributed by atoms with van der Waals surface area (Å²) >= 11 is 0. The van der Waals surface area contributed by atoms with Crippen LogP contribution in [0, 0.1) is 0 Å². The number of hydrogen-bond acceptors (Lipinski definition) is 3. The van der Waals surface area contributed by atoms with Gasteiger partial charge in [0.25, 0.3) is 0 Å². The minimum absolute atomic E-state index is 0.765. The fourth-order valence-corrected chi connectivity index (χ4v) is 3.68. The monoisotopic (exact) mass is 253 g/mol. The van der Waals surface area contributed by atoms with Gasteiger partial charge in [0.05, 0.1) is 0 Å². The number of likely N-dealkylation sites (tertiary alicyclic amines) is 1. The van der Waals surface area contributed by atoms with E-state index < -0.39 is 0 Å². The quantitative estimate of drug-likeness (QED) is 0.808. The second kappa shape index (κ2) is 6.88. The molecule has 3 nitrogen and oxygen atoms in total. The van der Waals surface area contributed by atoms with Crippen molar-refractivity contribution in [1.82, 2.24) is 15.1 Å². The van der Waals surface area contributed by atoms with E-state index in [0.29, 0.717) is 0 Å². The average molecular weight is 253 g/mol. The Morgan fingerprint density at radius 2 is 1.83 bits per heavy atom. The minimum atomic E-state index is 0.765. The van der Waals surface area contributed by atoms with Crippen molar-refractivity contribution in [3.8, 4) is 0 Å². The fourth-order valence-electron chi connectivity index (χ4n) is 3.68. The van der Waals surface area contributed by atoms with Gasteiger partial charge in [-0.1, -0.05) is 13.3 Å². The molecule has 2 rings (SSSR count). The van der Waals surface area contributed by atoms with Crippen molar-refractivity contribution in [2.24, 2.45) is 0 Å². The van der Waals surface area contributed by atoms with Gasteiger partial charge in [-0.25, -0.2) is 0 Å². The predicted molar refractivity (Wildman–Crippen MR) is 78.0 cm³/mol. The molecule has 0 aromatic rings. The largest absolute Gasteiger partial charge is 0.312 e. The van der Waals surface area contributed by atoms with Crippen molar-refractivity contribution in [2.75, 3.05) is 33.7 Å². The molecule has 2 atom stereocenters. The van der Waals surface area contributed by atoms with Gasteiger partial charge in [-0.15, -0.1) is 0 Å². The van der Waals surface area contributed by atoms with Gasteiger partial charge in [0.1, 0.15) is 0 Å². The summed E-state index contributed by atoms with van der Waals surface area (Å²) in [5.41, 5.74) is 0. The van der Waals surface area contributed by atoms with E-state index in [4.69, 9.17) is 0 Å². The maximum Gasteiger partial charge on any atom is 0.0249 e. The maximum atomic E-state index is 3.76. The number of nitrogens with one attached hydrogen (secondary N) is 1. The van der Waals surface area contributed by atoms with E-state index in [1.165, 1.54) is 58.2 Å². The number of piperidine rings is 1. The topological polar surface area (TPSA) is 18.5 Å². The standard InChI is InChI=1S/C15H31N3/c1-4-10-16-14-6-5-7-15(14)18-11-8-13(9-12-18)17(2)3/h13-16H,4-12H2,1-3H3. The zero-order chi connectivity index (χ0) is 13.0. The highest BCUT2D eigenvalue weighted by molar-refractivity contribution is 4.92. The predicted octanol–water partition coefficient (Wildman–Crippen LogP) is 1.93. The zero-order valence-electron chi connectivity index (χ0n) is 12.5. The molecule has 1 saturated carbocycles. The first kappa shape index (κ1) is 14.3. The van der Waals surface area contributed by atoms with Crippen LogP contribution in [-0.4, -0.2) is 61.7 Å². The molecule has 106 valence electrons. The van der Waals surface area contributed by atoms with Crippen LogP contribution in [0.2, 0.25) is 0 Å². The van der Waals surface area contributed by atoms with E-state index in [1.54, 1.807) is 0 Å². The molecule has 0 amide bonds. The first-order chi connectivity index (χ1) is 8.72. The molecule has 1 aliphatic carbocycles. The SMILES string of the molecule is CCCNC1CCCC1N1CCC(N(C)C)CC1. The molecule has 2 aliphatic rings. The Labute approximate surface area is 113 Å². The van der Waals surface area contributed by atoms with E-state index >= 15 is 0 Å². The first-order valence-corrected chi connectivity index (χ1v) is 7.86. The number of nitrogens with zero attached hydrogens (tertiary/aromatic N) is 2. The molecule has 1 aliphatic heterocycles. The zero-order valence-corrected chi connectivity index (χ0v) is 12.5. The summed E-state index contributed by atoms with van der Waals surface area (Å²) in [5, 5.41) is 3.76. The summed E-state index contributed by atoms with van der Waals surface area (Å²) in [7, 11) is 4.45. The van der Waals surface area contributed by atoms with Crippen molar-refractivity contribution in [1.29, 1.82) is 0 Å². The molecular formula is C15H31N3. The van der Waals surface area contributed by atoms with Crippen LogP contribution in [0.15, 0.2) is 0 Å². The van der Waals surface area contributed by atoms with E-state index in [-0.39, 0.29) is 0 Å². The first-order valence-electron chi connectivity index (χ1n) is 7.86. The fraction of sp³-hybridized carbons (Fsp3) is 1.00. The number of rotatable bonds is 5. The summed E-state index contributed by atoms with van der Waals surface area (Å²) in [6.45, 7) is 6.06. The molecule has 2 unspecified atom stereocenters. The summed E-state index contributed by atoms with van der Waals surface area (Å²) < 4.78 is 0. The molecule has 0 aromatic heterocycles. The smallest absolute Gasteiger partial charge is 0.0249 e. The van der Waals surface area contributed by atoms with Gasteiger partial charge in [-0.2, -0.15) is 0 Å². The molecule has 3 heteroatoms. The summed E-state index contributed by atoms with van der Waals surface area (Å²) in [6, 6.07) is 2.39. The molecule has 0 bridgehead atoms. The Hall–Kier alpha value is -0.120. The average Bonchev–Trinajstić information content (AvgIpc) is 2.84. The van der Waals surface area contributed by atoms with Crippen LogP contribution in [0.4, 0.5) is 0 Å². The number of hydrogen-bond donors (Lipinski definition) is 1. The lowest BCUT2D eigenvalue weighted by atomic mass is 10.0. The normalized spacial score (nSPS) is 31.3. The molecule has 2 fully saturated rings. The lowest BCUT2D eigenvalue weighted by Gasteiger charge is -2.40. The Bertz CT molecular complexity index is 234. The van der Waals surface area contributed by atoms with Crippen LogP contribution >= 0.6 is 0 Å². The highest BCUT2D eigenvalue weighted by atomic mass is 15.2. The molecule has 0 radical (unpaired) electrons. The van der Waals surface area contributed by atoms with E-state index in [0.717, 1.165) is 18.1 Å². The van der Waals surface area contributed by atoms with Gasteiger partial charge >= 0.3 is 0 Å². The van der Waals surface area contributed by atoms with Crippen molar-refractivity contribution in [2.45, 2.75) is 63.6 Å². The Morgan fingerprint density at radius 1 is 1.11 bits per heavy atom. The second-order valence-corrected chi connectivity index (χ2v) is 6.29. The van der Waals surface area contributed by atoms with E-state index in [1.807, 2.05) is 0 Å². The molecule has 1 saturated heterocycles. The van der Waals surface area contributed by atoms with E-state index in [2.05, 4.69) is 36.1 Å². The van der Waals surface area contributed by atoms with Crippen LogP contribution in [0.5, 0.6) is 0 Å². The van der Waals surface area contributed by atoms with Crippen LogP contribution in [0.3, 0.4) is 0 Å². The van der Waals surface area contributed by atoms with Crippen LogP contribution in [-0.2, 0) is 0 Å². The Kier molecular flexibility index (Phi) is 5.46. The maximum absolute atomic E-state index is 3.76. The third-order valence-electron chi connectivity index (χ3n) is 4.83. The minimum Gasteiger partial charge on any atom is -0.312 e. The van der Waals surface area contributed by atoms with Crippen LogP contribution < -0.4 is 5.32 Å². The second-order valence-electron chi connectivity index (χ2n) is 6.29. The highest BCUT2D eigenvalue weighted by Gasteiger charge is 2.33. The summed E-state index contributed by atoms with van der Waals surface area (Å²) in [5.74, 6) is 0. The third-order valence-corrected chi connectivity index (χ3v) is 4.83. The Balaban J connectivity index is 1.81. The van der Waals surface area contributed by atoms with Gasteiger partial charge in [0.15, 0.2) is 0 Å². The van der Waals surface area contributed by atoms with Crippen molar-refractivity contribution in [3.05, 3.63) is 0 Å². The van der Waals surface area contributed by atoms with Crippen LogP contribution in [0.1, 0.15) is 45.4 Å². The molecule has 0 spiro atoms. The van der Waals surface area contributed by atoms with Gasteiger partial charge in [-0.3, -0.25) is 4.90 Å². The van der Waals surface area contributed by atoms with Gasteiger partial charge in [-0.05, 0) is 65.8 Å². The van der Waals surface area contributed by atoms with Crippen molar-refractivity contribution in [3.63, 3.8) is 0 Å². The summed E-state index contributed by atoms with van der Waals surface area (Å²) in [6.07, 6.45) is 8.17. The molecule has 18 heavy (non-hydrogen) atoms. The third kappa shape index (κ3) is 3.46. The lowest BCUT2D eigenvalue weighted by Crippen LogP contribution is -2.52. The van der Waals surface area contributed by atoms with Gasteiger partial charge in [0.2, 0.25) is 0 Å². The van der Waals surface area contributed by atoms with Gasteiger partial charge in [0, 0.05) is 18.1 Å². The van der Waals surface area contributed by atoms with Gasteiger partial charge < -0.3 is 10.2 Å². The molecule has 1 heterocycles. The van der Waals surface area contributed by atoms with Crippen molar-refractivity contribution < 1.29 is 0 Å². The molecule has 0 aromatic carbocycles. The van der Waals surface area contributed by atoms with Crippen LogP contribution in [0.25, 0.3) is 0 Å². The molecule has 1 N–H and O–H groups in total. The lowest BCUT2D eigenvalue weighted by molar-refractivity contribution is 0.0979. The Morgan fingerprint density at radius 3 is 2.44 bits per heavy atom. The van der Waals surface area contributed by atoms with Crippen molar-refractivity contribution >= 4 is 0 Å². The highest BCUT2D eigenvalue weighted by Crippen LogP contribution is 2.27. The molecular weight excluding hydrogens is 222 g/mol. The van der Waals surface area contributed by atoms with E-state index in [9.17, 15) is 0 Å².